The third-order valence-electron chi connectivity index (χ3n) is 3.48. The second-order valence-corrected chi connectivity index (χ2v) is 5.92. The molecule has 2 aromatic heterocycles. The van der Waals surface area contributed by atoms with Crippen LogP contribution < -0.4 is 10.6 Å². The zero-order chi connectivity index (χ0) is 16.8. The maximum absolute atomic E-state index is 5.55. The summed E-state index contributed by atoms with van der Waals surface area (Å²) in [6, 6.07) is 0. The molecular weight excluding hydrogens is 292 g/mol. The van der Waals surface area contributed by atoms with Gasteiger partial charge in [-0.05, 0) is 19.8 Å². The number of oxazole rings is 1. The van der Waals surface area contributed by atoms with Crippen molar-refractivity contribution in [2.75, 3.05) is 7.05 Å². The van der Waals surface area contributed by atoms with E-state index in [9.17, 15) is 0 Å². The second kappa shape index (κ2) is 7.80. The molecule has 126 valence electrons. The zero-order valence-corrected chi connectivity index (χ0v) is 14.6. The Kier molecular flexibility index (Phi) is 5.78. The van der Waals surface area contributed by atoms with Crippen molar-refractivity contribution in [3.8, 4) is 0 Å². The van der Waals surface area contributed by atoms with E-state index in [2.05, 4.69) is 44.0 Å². The van der Waals surface area contributed by atoms with Gasteiger partial charge in [-0.15, -0.1) is 0 Å². The van der Waals surface area contributed by atoms with Crippen molar-refractivity contribution in [2.24, 2.45) is 10.9 Å². The summed E-state index contributed by atoms with van der Waals surface area (Å²) in [5, 5.41) is 6.46. The lowest BCUT2D eigenvalue weighted by Crippen LogP contribution is -2.37. The summed E-state index contributed by atoms with van der Waals surface area (Å²) < 4.78 is 7.71. The van der Waals surface area contributed by atoms with Gasteiger partial charge >= 0.3 is 0 Å². The van der Waals surface area contributed by atoms with Crippen molar-refractivity contribution in [1.29, 1.82) is 0 Å². The molecule has 0 radical (unpaired) electrons. The molecular formula is C16H26N6O. The molecule has 0 unspecified atom stereocenters. The highest BCUT2D eigenvalue weighted by Gasteiger charge is 2.08. The Morgan fingerprint density at radius 3 is 2.65 bits per heavy atom. The Bertz CT molecular complexity index is 636. The van der Waals surface area contributed by atoms with E-state index in [4.69, 9.17) is 4.42 Å². The summed E-state index contributed by atoms with van der Waals surface area (Å²) in [5.41, 5.74) is 0.917. The largest absolute Gasteiger partial charge is 0.444 e. The molecule has 0 aliphatic carbocycles. The molecule has 2 heterocycles. The van der Waals surface area contributed by atoms with Gasteiger partial charge in [-0.3, -0.25) is 4.99 Å². The fraction of sp³-hybridized carbons (Fsp3) is 0.562. The minimum atomic E-state index is 0.495. The van der Waals surface area contributed by atoms with E-state index in [1.807, 2.05) is 26.2 Å². The van der Waals surface area contributed by atoms with E-state index in [1.165, 1.54) is 0 Å². The Labute approximate surface area is 137 Å². The summed E-state index contributed by atoms with van der Waals surface area (Å²) in [4.78, 5) is 13.0. The van der Waals surface area contributed by atoms with Crippen LogP contribution in [0.1, 0.15) is 37.0 Å². The molecule has 7 heteroatoms. The number of guanidine groups is 1. The number of aliphatic imine (C=N–C) groups is 1. The van der Waals surface area contributed by atoms with Crippen molar-refractivity contribution in [3.63, 3.8) is 0 Å². The van der Waals surface area contributed by atoms with E-state index in [0.29, 0.717) is 30.9 Å². The summed E-state index contributed by atoms with van der Waals surface area (Å²) in [5.74, 6) is 3.77. The monoisotopic (exact) mass is 318 g/mol. The molecule has 2 rings (SSSR count). The first kappa shape index (κ1) is 17.1. The molecule has 0 aliphatic heterocycles. The predicted octanol–water partition coefficient (Wildman–Crippen LogP) is 2.01. The first-order valence-corrected chi connectivity index (χ1v) is 7.87. The Morgan fingerprint density at radius 2 is 2.04 bits per heavy atom. The number of nitrogens with one attached hydrogen (secondary N) is 2. The van der Waals surface area contributed by atoms with Crippen molar-refractivity contribution < 1.29 is 4.42 Å². The molecule has 0 spiro atoms. The lowest BCUT2D eigenvalue weighted by molar-refractivity contribution is 0.463. The third-order valence-corrected chi connectivity index (χ3v) is 3.48. The molecule has 0 aliphatic rings. The number of aryl methyl sites for hydroxylation is 2. The van der Waals surface area contributed by atoms with Gasteiger partial charge in [0.1, 0.15) is 11.6 Å². The van der Waals surface area contributed by atoms with Gasteiger partial charge in [0.2, 0.25) is 5.89 Å². The summed E-state index contributed by atoms with van der Waals surface area (Å²) in [7, 11) is 1.74. The average molecular weight is 318 g/mol. The zero-order valence-electron chi connectivity index (χ0n) is 14.6. The van der Waals surface area contributed by atoms with Crippen LogP contribution in [0.4, 0.5) is 0 Å². The van der Waals surface area contributed by atoms with Crippen LogP contribution in [0.15, 0.2) is 21.8 Å². The Balaban J connectivity index is 1.87. The van der Waals surface area contributed by atoms with Crippen molar-refractivity contribution >= 4 is 5.96 Å². The number of imidazole rings is 1. The topological polar surface area (TPSA) is 80.3 Å². The van der Waals surface area contributed by atoms with Gasteiger partial charge in [-0.1, -0.05) is 13.8 Å². The molecule has 0 saturated carbocycles. The fourth-order valence-corrected chi connectivity index (χ4v) is 2.22. The quantitative estimate of drug-likeness (QED) is 0.629. The highest BCUT2D eigenvalue weighted by Crippen LogP contribution is 2.07. The van der Waals surface area contributed by atoms with E-state index in [-0.39, 0.29) is 0 Å². The van der Waals surface area contributed by atoms with Crippen LogP contribution in [0, 0.1) is 19.8 Å². The number of hydrogen-bond donors (Lipinski definition) is 2. The lowest BCUT2D eigenvalue weighted by atomic mass is 10.2. The minimum absolute atomic E-state index is 0.495. The molecule has 23 heavy (non-hydrogen) atoms. The highest BCUT2D eigenvalue weighted by atomic mass is 16.4. The standard InChI is InChI=1S/C16H26N6O/c1-11(2)10-22-7-6-18-14(22)8-19-16(17-5)20-9-15-21-12(3)13(4)23-15/h6-7,11H,8-10H2,1-5H3,(H2,17,19,20). The minimum Gasteiger partial charge on any atom is -0.444 e. The van der Waals surface area contributed by atoms with Crippen molar-refractivity contribution in [2.45, 2.75) is 47.3 Å². The van der Waals surface area contributed by atoms with Gasteiger partial charge in [-0.2, -0.15) is 0 Å². The molecule has 0 amide bonds. The molecule has 0 atom stereocenters. The maximum atomic E-state index is 5.55. The third kappa shape index (κ3) is 4.84. The van der Waals surface area contributed by atoms with Crippen molar-refractivity contribution in [1.82, 2.24) is 25.2 Å². The number of nitrogens with zero attached hydrogens (tertiary/aromatic N) is 4. The molecule has 2 N–H and O–H groups in total. The van der Waals surface area contributed by atoms with Crippen LogP contribution in [0.2, 0.25) is 0 Å². The van der Waals surface area contributed by atoms with Gasteiger partial charge < -0.3 is 19.6 Å². The van der Waals surface area contributed by atoms with Crippen LogP contribution >= 0.6 is 0 Å². The smallest absolute Gasteiger partial charge is 0.214 e. The number of rotatable bonds is 6. The predicted molar refractivity (Wildman–Crippen MR) is 90.1 cm³/mol. The van der Waals surface area contributed by atoms with Crippen molar-refractivity contribution in [3.05, 3.63) is 35.6 Å². The SMILES string of the molecule is CN=C(NCc1nc(C)c(C)o1)NCc1nccn1CC(C)C. The normalized spacial score (nSPS) is 12.0. The number of aromatic nitrogens is 3. The summed E-state index contributed by atoms with van der Waals surface area (Å²) in [6.07, 6.45) is 3.83. The van der Waals surface area contributed by atoms with Gasteiger partial charge in [0, 0.05) is 26.0 Å². The van der Waals surface area contributed by atoms with E-state index >= 15 is 0 Å². The fourth-order valence-electron chi connectivity index (χ4n) is 2.22. The lowest BCUT2D eigenvalue weighted by Gasteiger charge is -2.13. The van der Waals surface area contributed by atoms with Crippen LogP contribution in [0.25, 0.3) is 0 Å². The van der Waals surface area contributed by atoms with Crippen LogP contribution in [-0.4, -0.2) is 27.5 Å². The van der Waals surface area contributed by atoms with Gasteiger partial charge in [0.15, 0.2) is 5.96 Å². The first-order chi connectivity index (χ1) is 11.0. The molecule has 0 bridgehead atoms. The second-order valence-electron chi connectivity index (χ2n) is 5.92. The van der Waals surface area contributed by atoms with E-state index < -0.39 is 0 Å². The maximum Gasteiger partial charge on any atom is 0.214 e. The molecule has 0 aromatic carbocycles. The van der Waals surface area contributed by atoms with Crippen LogP contribution in [0.3, 0.4) is 0 Å². The first-order valence-electron chi connectivity index (χ1n) is 7.87. The molecule has 7 nitrogen and oxygen atoms in total. The highest BCUT2D eigenvalue weighted by molar-refractivity contribution is 5.79. The van der Waals surface area contributed by atoms with Crippen LogP contribution in [0.5, 0.6) is 0 Å². The van der Waals surface area contributed by atoms with Crippen LogP contribution in [-0.2, 0) is 19.6 Å². The Morgan fingerprint density at radius 1 is 1.30 bits per heavy atom. The van der Waals surface area contributed by atoms with Gasteiger partial charge in [-0.25, -0.2) is 9.97 Å². The molecule has 0 fully saturated rings. The summed E-state index contributed by atoms with van der Waals surface area (Å²) >= 11 is 0. The average Bonchev–Trinajstić information content (AvgIpc) is 3.06. The van der Waals surface area contributed by atoms with Gasteiger partial charge in [0.05, 0.1) is 18.8 Å². The van der Waals surface area contributed by atoms with E-state index in [0.717, 1.165) is 23.8 Å². The molecule has 2 aromatic rings. The molecule has 0 saturated heterocycles. The Hall–Kier alpha value is -2.31. The number of hydrogen-bond acceptors (Lipinski definition) is 4. The van der Waals surface area contributed by atoms with E-state index in [1.54, 1.807) is 7.05 Å². The summed E-state index contributed by atoms with van der Waals surface area (Å²) in [6.45, 7) is 10.3. The van der Waals surface area contributed by atoms with Gasteiger partial charge in [0.25, 0.3) is 0 Å².